The summed E-state index contributed by atoms with van der Waals surface area (Å²) >= 11 is 0. The zero-order chi connectivity index (χ0) is 78.5. The molecule has 0 bridgehead atoms. The van der Waals surface area contributed by atoms with Gasteiger partial charge in [-0.15, -0.1) is 0 Å². The van der Waals surface area contributed by atoms with Gasteiger partial charge in [-0.05, 0) is 37.5 Å². The second-order valence-corrected chi connectivity index (χ2v) is 35.3. The highest BCUT2D eigenvalue weighted by Gasteiger charge is 2.31. The molecule has 0 aromatic rings. The number of esters is 4. The number of unbranched alkanes of at least 4 members (excludes halogenated alkanes) is 56. The smallest absolute Gasteiger partial charge is 0.462 e. The van der Waals surface area contributed by atoms with Crippen LogP contribution in [0.2, 0.25) is 0 Å². The fraction of sp³-hybridized carbons (Fsp3) is 0.955. The Balaban J connectivity index is 5.23. The molecule has 3 N–H and O–H groups in total. The van der Waals surface area contributed by atoms with Crippen LogP contribution < -0.4 is 0 Å². The lowest BCUT2D eigenvalue weighted by molar-refractivity contribution is -0.161. The van der Waals surface area contributed by atoms with Crippen molar-refractivity contribution >= 4 is 39.5 Å². The Morgan fingerprint density at radius 2 is 0.477 bits per heavy atom. The molecule has 0 aliphatic heterocycles. The highest BCUT2D eigenvalue weighted by molar-refractivity contribution is 7.47. The Bertz CT molecular complexity index is 2050. The van der Waals surface area contributed by atoms with Crippen LogP contribution >= 0.6 is 15.6 Å². The number of aliphatic hydroxyl groups is 1. The number of ether oxygens (including phenoxy) is 4. The molecule has 19 heteroatoms. The molecule has 0 aliphatic rings. The molecule has 0 aromatic heterocycles. The minimum Gasteiger partial charge on any atom is -0.462 e. The van der Waals surface area contributed by atoms with Crippen molar-refractivity contribution in [1.29, 1.82) is 0 Å². The topological polar surface area (TPSA) is 237 Å². The van der Waals surface area contributed by atoms with Crippen LogP contribution in [0.25, 0.3) is 0 Å². The van der Waals surface area contributed by atoms with Gasteiger partial charge in [0, 0.05) is 25.7 Å². The first-order valence-electron chi connectivity index (χ1n) is 45.5. The normalized spacial score (nSPS) is 14.0. The number of aliphatic hydroxyl groups excluding tert-OH is 1. The zero-order valence-electron chi connectivity index (χ0n) is 70.5. The predicted octanol–water partition coefficient (Wildman–Crippen LogP) is 27.0. The summed E-state index contributed by atoms with van der Waals surface area (Å²) in [6.07, 6.45) is 72.3. The van der Waals surface area contributed by atoms with Crippen molar-refractivity contribution in [2.24, 2.45) is 11.8 Å². The van der Waals surface area contributed by atoms with Gasteiger partial charge in [-0.1, -0.05) is 420 Å². The highest BCUT2D eigenvalue weighted by Crippen LogP contribution is 2.45. The van der Waals surface area contributed by atoms with Gasteiger partial charge in [0.05, 0.1) is 26.4 Å². The Labute approximate surface area is 658 Å². The number of phosphoric acid groups is 2. The number of hydrogen-bond donors (Lipinski definition) is 3. The van der Waals surface area contributed by atoms with Gasteiger partial charge in [-0.2, -0.15) is 0 Å². The number of hydrogen-bond acceptors (Lipinski definition) is 15. The van der Waals surface area contributed by atoms with Gasteiger partial charge in [0.1, 0.15) is 19.3 Å². The molecule has 0 spiro atoms. The molecule has 0 saturated heterocycles. The summed E-state index contributed by atoms with van der Waals surface area (Å²) in [5.74, 6) is -0.557. The van der Waals surface area contributed by atoms with E-state index in [0.717, 1.165) is 108 Å². The molecule has 0 fully saturated rings. The molecule has 0 amide bonds. The summed E-state index contributed by atoms with van der Waals surface area (Å²) < 4.78 is 69.0. The van der Waals surface area contributed by atoms with E-state index in [2.05, 4.69) is 41.5 Å². The SMILES string of the molecule is CCCCCCCCCCCCCCCCCCCCCCC(=O)O[C@H](COC(=O)CCCCCCCCCCCCCCCCCCC(C)C)COP(=O)(O)OC[C@@H](O)COP(=O)(O)OC[C@@H](COC(=O)CCCCCCCCC(C)CC)OC(=O)CCCCCCCCCCCCCCCCCCCC. The van der Waals surface area contributed by atoms with Crippen molar-refractivity contribution in [2.75, 3.05) is 39.6 Å². The zero-order valence-corrected chi connectivity index (χ0v) is 72.2. The maximum Gasteiger partial charge on any atom is 0.472 e. The molecule has 6 atom stereocenters. The molecule has 107 heavy (non-hydrogen) atoms. The van der Waals surface area contributed by atoms with Crippen LogP contribution in [0, 0.1) is 11.8 Å². The second-order valence-electron chi connectivity index (χ2n) is 32.4. The number of phosphoric ester groups is 2. The van der Waals surface area contributed by atoms with Crippen molar-refractivity contribution < 1.29 is 80.2 Å². The second kappa shape index (κ2) is 79.3. The van der Waals surface area contributed by atoms with Crippen LogP contribution in [0.1, 0.15) is 472 Å². The van der Waals surface area contributed by atoms with E-state index in [4.69, 9.17) is 37.0 Å². The summed E-state index contributed by atoms with van der Waals surface area (Å²) in [5, 5.41) is 10.7. The van der Waals surface area contributed by atoms with Gasteiger partial charge in [0.15, 0.2) is 12.2 Å². The first-order valence-corrected chi connectivity index (χ1v) is 48.5. The summed E-state index contributed by atoms with van der Waals surface area (Å²) in [7, 11) is -9.93. The molecule has 0 rings (SSSR count). The van der Waals surface area contributed by atoms with E-state index in [9.17, 15) is 43.2 Å². The van der Waals surface area contributed by atoms with Gasteiger partial charge in [0.25, 0.3) is 0 Å². The quantitative estimate of drug-likeness (QED) is 0.0222. The van der Waals surface area contributed by atoms with E-state index in [1.165, 1.54) is 283 Å². The minimum atomic E-state index is -4.97. The predicted molar refractivity (Wildman–Crippen MR) is 442 cm³/mol. The monoisotopic (exact) mass is 1560 g/mol. The van der Waals surface area contributed by atoms with Crippen LogP contribution in [0.5, 0.6) is 0 Å². The van der Waals surface area contributed by atoms with E-state index in [1.54, 1.807) is 0 Å². The van der Waals surface area contributed by atoms with Crippen LogP contribution in [-0.4, -0.2) is 96.7 Å². The van der Waals surface area contributed by atoms with E-state index in [-0.39, 0.29) is 25.7 Å². The summed E-state index contributed by atoms with van der Waals surface area (Å²) in [6.45, 7) is 9.68. The molecule has 0 radical (unpaired) electrons. The third-order valence-electron chi connectivity index (χ3n) is 21.1. The van der Waals surface area contributed by atoms with Crippen LogP contribution in [0.15, 0.2) is 0 Å². The molecule has 3 unspecified atom stereocenters. The molecular formula is C88H172O17P2. The number of rotatable bonds is 87. The molecular weight excluding hydrogens is 1390 g/mol. The van der Waals surface area contributed by atoms with Crippen molar-refractivity contribution in [2.45, 2.75) is 490 Å². The van der Waals surface area contributed by atoms with Gasteiger partial charge in [-0.3, -0.25) is 37.3 Å². The Hall–Kier alpha value is -1.94. The minimum absolute atomic E-state index is 0.108. The maximum absolute atomic E-state index is 13.2. The van der Waals surface area contributed by atoms with E-state index in [1.807, 2.05) is 0 Å². The molecule has 0 aliphatic carbocycles. The van der Waals surface area contributed by atoms with E-state index in [0.29, 0.717) is 25.7 Å². The average molecular weight is 1560 g/mol. The maximum atomic E-state index is 13.2. The first kappa shape index (κ1) is 105. The summed E-state index contributed by atoms with van der Waals surface area (Å²) in [5.41, 5.74) is 0. The molecule has 17 nitrogen and oxygen atoms in total. The highest BCUT2D eigenvalue weighted by atomic mass is 31.2. The third kappa shape index (κ3) is 80.5. The van der Waals surface area contributed by atoms with E-state index < -0.39 is 97.5 Å². The molecule has 636 valence electrons. The van der Waals surface area contributed by atoms with Crippen LogP contribution in [0.3, 0.4) is 0 Å². The molecule has 0 aromatic carbocycles. The fourth-order valence-corrected chi connectivity index (χ4v) is 15.3. The van der Waals surface area contributed by atoms with Crippen LogP contribution in [-0.2, 0) is 65.4 Å². The van der Waals surface area contributed by atoms with Crippen LogP contribution in [0.4, 0.5) is 0 Å². The largest absolute Gasteiger partial charge is 0.472 e. The number of carbonyl (C=O) groups excluding carboxylic acids is 4. The van der Waals surface area contributed by atoms with Gasteiger partial charge < -0.3 is 33.8 Å². The lowest BCUT2D eigenvalue weighted by Gasteiger charge is -2.21. The van der Waals surface area contributed by atoms with Crippen molar-refractivity contribution in [3.8, 4) is 0 Å². The Kier molecular flexibility index (Phi) is 77.9. The van der Waals surface area contributed by atoms with E-state index >= 15 is 0 Å². The first-order chi connectivity index (χ1) is 51.9. The molecule has 0 heterocycles. The third-order valence-corrected chi connectivity index (χ3v) is 23.0. The lowest BCUT2D eigenvalue weighted by Crippen LogP contribution is -2.30. The Morgan fingerprint density at radius 3 is 0.710 bits per heavy atom. The lowest BCUT2D eigenvalue weighted by atomic mass is 10.00. The van der Waals surface area contributed by atoms with Gasteiger partial charge >= 0.3 is 39.5 Å². The van der Waals surface area contributed by atoms with Crippen molar-refractivity contribution in [3.63, 3.8) is 0 Å². The van der Waals surface area contributed by atoms with Gasteiger partial charge in [-0.25, -0.2) is 9.13 Å². The summed E-state index contributed by atoms with van der Waals surface area (Å²) in [4.78, 5) is 73.3. The average Bonchev–Trinajstić information content (AvgIpc) is 0.903. The Morgan fingerprint density at radius 1 is 0.271 bits per heavy atom. The number of carbonyl (C=O) groups is 4. The summed E-state index contributed by atoms with van der Waals surface area (Å²) in [6, 6.07) is 0. The van der Waals surface area contributed by atoms with Crippen molar-refractivity contribution in [1.82, 2.24) is 0 Å². The fourth-order valence-electron chi connectivity index (χ4n) is 13.7. The van der Waals surface area contributed by atoms with Gasteiger partial charge in [0.2, 0.25) is 0 Å². The standard InChI is InChI=1S/C88H172O17P2/c1-7-10-12-14-16-18-20-22-24-26-28-29-31-37-41-45-49-53-61-66-72-87(92)104-83(76-98-85(90)70-64-58-51-47-43-39-35-33-32-34-38-42-46-50-56-62-68-80(4)5)78-102-106(94,95)100-74-82(89)75-101-107(96,97)103-79-84(77-99-86(91)71-65-59-55-54-57-63-69-81(6)9-3)105-88(93)73-67-60-52-48-44-40-36-30-27-25-23-21-19-17-15-13-11-8-2/h80-84,89H,7-79H2,1-6H3,(H,94,95)(H,96,97)/t81?,82-,83-,84-/m1/s1. The molecule has 0 saturated carbocycles. The van der Waals surface area contributed by atoms with Crippen molar-refractivity contribution in [3.05, 3.63) is 0 Å².